The summed E-state index contributed by atoms with van der Waals surface area (Å²) in [6.07, 6.45) is 0.841. The van der Waals surface area contributed by atoms with E-state index in [1.165, 1.54) is 11.3 Å². The Kier molecular flexibility index (Phi) is 5.16. The number of rotatable bonds is 6. The van der Waals surface area contributed by atoms with Crippen molar-refractivity contribution >= 4 is 17.2 Å². The number of methoxy groups -OCH3 is 2. The summed E-state index contributed by atoms with van der Waals surface area (Å²) in [6, 6.07) is 5.55. The summed E-state index contributed by atoms with van der Waals surface area (Å²) in [6.45, 7) is 2.43. The van der Waals surface area contributed by atoms with Crippen LogP contribution in [-0.4, -0.2) is 25.1 Å². The van der Waals surface area contributed by atoms with Gasteiger partial charge in [0.2, 0.25) is 0 Å². The minimum Gasteiger partial charge on any atom is -0.493 e. The summed E-state index contributed by atoms with van der Waals surface area (Å²) in [4.78, 5) is 16.3. The van der Waals surface area contributed by atoms with Crippen LogP contribution >= 0.6 is 11.3 Å². The molecule has 2 aromatic rings. The molecule has 1 heterocycles. The second-order valence-electron chi connectivity index (χ2n) is 4.35. The molecule has 1 aromatic heterocycles. The van der Waals surface area contributed by atoms with Crippen molar-refractivity contribution in [2.45, 2.75) is 19.9 Å². The molecule has 1 amide bonds. The van der Waals surface area contributed by atoms with Gasteiger partial charge in [0.1, 0.15) is 5.69 Å². The van der Waals surface area contributed by atoms with Gasteiger partial charge in [0.25, 0.3) is 5.91 Å². The van der Waals surface area contributed by atoms with Gasteiger partial charge in [0, 0.05) is 11.9 Å². The van der Waals surface area contributed by atoms with Crippen molar-refractivity contribution in [3.8, 4) is 11.5 Å². The maximum absolute atomic E-state index is 12.0. The number of nitrogens with one attached hydrogen (secondary N) is 1. The number of hydrogen-bond acceptors (Lipinski definition) is 5. The number of carbonyl (C=O) groups is 1. The van der Waals surface area contributed by atoms with Crippen LogP contribution < -0.4 is 14.8 Å². The van der Waals surface area contributed by atoms with Crippen molar-refractivity contribution in [1.29, 1.82) is 0 Å². The molecule has 5 nitrogen and oxygen atoms in total. The van der Waals surface area contributed by atoms with Crippen LogP contribution in [0.15, 0.2) is 23.6 Å². The Balaban J connectivity index is 2.00. The number of benzene rings is 1. The lowest BCUT2D eigenvalue weighted by Crippen LogP contribution is -2.23. The number of ether oxygens (including phenoxy) is 2. The van der Waals surface area contributed by atoms with E-state index in [9.17, 15) is 4.79 Å². The van der Waals surface area contributed by atoms with Crippen molar-refractivity contribution in [1.82, 2.24) is 10.3 Å². The predicted molar refractivity (Wildman–Crippen MR) is 82.2 cm³/mol. The zero-order valence-corrected chi connectivity index (χ0v) is 13.1. The topological polar surface area (TPSA) is 60.5 Å². The van der Waals surface area contributed by atoms with Crippen molar-refractivity contribution in [2.75, 3.05) is 14.2 Å². The number of hydrogen-bond donors (Lipinski definition) is 1. The number of carbonyl (C=O) groups excluding carboxylic acids is 1. The van der Waals surface area contributed by atoms with Crippen LogP contribution in [0.3, 0.4) is 0 Å². The molecule has 2 rings (SSSR count). The first kappa shape index (κ1) is 15.3. The van der Waals surface area contributed by atoms with Crippen LogP contribution in [0, 0.1) is 0 Å². The van der Waals surface area contributed by atoms with Crippen molar-refractivity contribution < 1.29 is 14.3 Å². The molecule has 0 unspecified atom stereocenters. The SMILES string of the molecule is CCc1nc(C(=O)NCc2ccc(OC)c(OC)c2)cs1. The lowest BCUT2D eigenvalue weighted by atomic mass is 10.2. The van der Waals surface area contributed by atoms with Crippen molar-refractivity contribution in [2.24, 2.45) is 0 Å². The van der Waals surface area contributed by atoms with E-state index in [1.54, 1.807) is 19.6 Å². The first-order valence-electron chi connectivity index (χ1n) is 6.61. The fraction of sp³-hybridized carbons (Fsp3) is 0.333. The molecular formula is C15H18N2O3S. The molecule has 0 aliphatic heterocycles. The third kappa shape index (κ3) is 3.72. The van der Waals surface area contributed by atoms with E-state index in [4.69, 9.17) is 9.47 Å². The number of aromatic nitrogens is 1. The normalized spacial score (nSPS) is 10.2. The minimum atomic E-state index is -0.166. The third-order valence-corrected chi connectivity index (χ3v) is 3.98. The van der Waals surface area contributed by atoms with Crippen LogP contribution in [0.4, 0.5) is 0 Å². The Labute approximate surface area is 127 Å². The molecule has 21 heavy (non-hydrogen) atoms. The van der Waals surface area contributed by atoms with Gasteiger partial charge in [0.15, 0.2) is 11.5 Å². The summed E-state index contributed by atoms with van der Waals surface area (Å²) in [5.74, 6) is 1.14. The van der Waals surface area contributed by atoms with Crippen LogP contribution in [0.1, 0.15) is 28.0 Å². The van der Waals surface area contributed by atoms with E-state index in [1.807, 2.05) is 25.1 Å². The van der Waals surface area contributed by atoms with Crippen LogP contribution in [0.5, 0.6) is 11.5 Å². The summed E-state index contributed by atoms with van der Waals surface area (Å²) < 4.78 is 10.4. The maximum atomic E-state index is 12.0. The minimum absolute atomic E-state index is 0.166. The highest BCUT2D eigenvalue weighted by Crippen LogP contribution is 2.27. The average Bonchev–Trinajstić information content (AvgIpc) is 3.01. The zero-order valence-electron chi connectivity index (χ0n) is 12.3. The van der Waals surface area contributed by atoms with E-state index in [2.05, 4.69) is 10.3 Å². The monoisotopic (exact) mass is 306 g/mol. The van der Waals surface area contributed by atoms with E-state index in [0.29, 0.717) is 23.7 Å². The molecule has 0 saturated heterocycles. The molecule has 0 radical (unpaired) electrons. The Morgan fingerprint density at radius 2 is 2.05 bits per heavy atom. The Hall–Kier alpha value is -2.08. The van der Waals surface area contributed by atoms with E-state index in [0.717, 1.165) is 17.0 Å². The fourth-order valence-electron chi connectivity index (χ4n) is 1.84. The fourth-order valence-corrected chi connectivity index (χ4v) is 2.57. The molecule has 0 bridgehead atoms. The summed E-state index contributed by atoms with van der Waals surface area (Å²) in [5.41, 5.74) is 1.41. The molecule has 0 aliphatic rings. The van der Waals surface area contributed by atoms with Gasteiger partial charge in [-0.15, -0.1) is 11.3 Å². The van der Waals surface area contributed by atoms with Gasteiger partial charge < -0.3 is 14.8 Å². The number of nitrogens with zero attached hydrogens (tertiary/aromatic N) is 1. The highest BCUT2D eigenvalue weighted by molar-refractivity contribution is 7.09. The average molecular weight is 306 g/mol. The van der Waals surface area contributed by atoms with Gasteiger partial charge in [-0.2, -0.15) is 0 Å². The molecule has 0 saturated carbocycles. The van der Waals surface area contributed by atoms with E-state index in [-0.39, 0.29) is 5.91 Å². The molecule has 0 atom stereocenters. The summed E-state index contributed by atoms with van der Waals surface area (Å²) in [7, 11) is 3.18. The molecule has 0 spiro atoms. The smallest absolute Gasteiger partial charge is 0.271 e. The molecule has 1 N–H and O–H groups in total. The van der Waals surface area contributed by atoms with Gasteiger partial charge in [-0.3, -0.25) is 4.79 Å². The molecule has 0 aliphatic carbocycles. The molecule has 0 fully saturated rings. The lowest BCUT2D eigenvalue weighted by molar-refractivity contribution is 0.0946. The summed E-state index contributed by atoms with van der Waals surface area (Å²) >= 11 is 1.50. The van der Waals surface area contributed by atoms with Crippen LogP contribution in [-0.2, 0) is 13.0 Å². The predicted octanol–water partition coefficient (Wildman–Crippen LogP) is 2.65. The van der Waals surface area contributed by atoms with Crippen molar-refractivity contribution in [3.05, 3.63) is 39.8 Å². The second kappa shape index (κ2) is 7.08. The third-order valence-electron chi connectivity index (χ3n) is 2.99. The highest BCUT2D eigenvalue weighted by Gasteiger charge is 2.10. The number of amides is 1. The van der Waals surface area contributed by atoms with Gasteiger partial charge in [-0.25, -0.2) is 4.98 Å². The van der Waals surface area contributed by atoms with E-state index >= 15 is 0 Å². The standard InChI is InChI=1S/C15H18N2O3S/c1-4-14-17-11(9-21-14)15(18)16-8-10-5-6-12(19-2)13(7-10)20-3/h5-7,9H,4,8H2,1-3H3,(H,16,18). The Morgan fingerprint density at radius 1 is 1.29 bits per heavy atom. The first-order chi connectivity index (χ1) is 10.2. The zero-order chi connectivity index (χ0) is 15.2. The Bertz CT molecular complexity index is 625. The molecule has 112 valence electrons. The molecular weight excluding hydrogens is 288 g/mol. The van der Waals surface area contributed by atoms with Crippen molar-refractivity contribution in [3.63, 3.8) is 0 Å². The largest absolute Gasteiger partial charge is 0.493 e. The lowest BCUT2D eigenvalue weighted by Gasteiger charge is -2.10. The molecule has 1 aromatic carbocycles. The van der Waals surface area contributed by atoms with Gasteiger partial charge in [-0.05, 0) is 24.1 Å². The van der Waals surface area contributed by atoms with Crippen LogP contribution in [0.25, 0.3) is 0 Å². The van der Waals surface area contributed by atoms with Gasteiger partial charge in [-0.1, -0.05) is 13.0 Å². The van der Waals surface area contributed by atoms with Crippen LogP contribution in [0.2, 0.25) is 0 Å². The molecule has 6 heteroatoms. The highest BCUT2D eigenvalue weighted by atomic mass is 32.1. The van der Waals surface area contributed by atoms with E-state index < -0.39 is 0 Å². The van der Waals surface area contributed by atoms with Gasteiger partial charge >= 0.3 is 0 Å². The quantitative estimate of drug-likeness (QED) is 0.891. The first-order valence-corrected chi connectivity index (χ1v) is 7.49. The maximum Gasteiger partial charge on any atom is 0.271 e. The van der Waals surface area contributed by atoms with Gasteiger partial charge in [0.05, 0.1) is 19.2 Å². The second-order valence-corrected chi connectivity index (χ2v) is 5.29. The number of aryl methyl sites for hydroxylation is 1. The number of thiazole rings is 1. The Morgan fingerprint density at radius 3 is 2.67 bits per heavy atom. The summed E-state index contributed by atoms with van der Waals surface area (Å²) in [5, 5.41) is 5.59.